The molecular weight excluding hydrogens is 224 g/mol. The summed E-state index contributed by atoms with van der Waals surface area (Å²) in [6.07, 6.45) is 7.75. The number of aromatic nitrogens is 3. The lowest BCUT2D eigenvalue weighted by molar-refractivity contribution is 0.277. The van der Waals surface area contributed by atoms with Crippen LogP contribution >= 0.6 is 0 Å². The predicted octanol–water partition coefficient (Wildman–Crippen LogP) is 2.56. The van der Waals surface area contributed by atoms with E-state index < -0.39 is 0 Å². The summed E-state index contributed by atoms with van der Waals surface area (Å²) in [6.45, 7) is 7.36. The van der Waals surface area contributed by atoms with Crippen LogP contribution in [0.3, 0.4) is 0 Å². The highest BCUT2D eigenvalue weighted by Gasteiger charge is 2.38. The average Bonchev–Trinajstić information content (AvgIpc) is 2.97. The maximum absolute atomic E-state index is 6.07. The van der Waals surface area contributed by atoms with Gasteiger partial charge in [-0.15, -0.1) is 0 Å². The van der Waals surface area contributed by atoms with Gasteiger partial charge in [-0.25, -0.2) is 9.67 Å². The fourth-order valence-electron chi connectivity index (χ4n) is 3.26. The maximum Gasteiger partial charge on any atom is 0.138 e. The zero-order chi connectivity index (χ0) is 13.2. The van der Waals surface area contributed by atoms with E-state index in [1.165, 1.54) is 25.7 Å². The van der Waals surface area contributed by atoms with E-state index in [-0.39, 0.29) is 5.41 Å². The zero-order valence-electron chi connectivity index (χ0n) is 11.9. The van der Waals surface area contributed by atoms with Crippen LogP contribution in [0, 0.1) is 11.3 Å². The van der Waals surface area contributed by atoms with E-state index in [0.717, 1.165) is 24.7 Å². The van der Waals surface area contributed by atoms with E-state index in [2.05, 4.69) is 30.9 Å². The van der Waals surface area contributed by atoms with Crippen LogP contribution in [0.2, 0.25) is 0 Å². The second-order valence-electron chi connectivity index (χ2n) is 6.11. The van der Waals surface area contributed by atoms with Crippen molar-refractivity contribution in [2.45, 2.75) is 58.9 Å². The highest BCUT2D eigenvalue weighted by molar-refractivity contribution is 4.99. The Morgan fingerprint density at radius 2 is 2.33 bits per heavy atom. The van der Waals surface area contributed by atoms with Gasteiger partial charge < -0.3 is 5.73 Å². The SMILES string of the molecule is CCC1CCC(CN)(Cc2ncnn2C(C)C)C1. The molecular formula is C14H26N4. The third-order valence-corrected chi connectivity index (χ3v) is 4.48. The molecule has 1 fully saturated rings. The molecule has 0 spiro atoms. The van der Waals surface area contributed by atoms with Gasteiger partial charge in [-0.2, -0.15) is 5.10 Å². The monoisotopic (exact) mass is 250 g/mol. The Kier molecular flexibility index (Phi) is 4.05. The van der Waals surface area contributed by atoms with E-state index in [0.29, 0.717) is 6.04 Å². The number of rotatable bonds is 5. The largest absolute Gasteiger partial charge is 0.330 e. The molecule has 1 heterocycles. The lowest BCUT2D eigenvalue weighted by atomic mass is 9.81. The van der Waals surface area contributed by atoms with Gasteiger partial charge in [0.25, 0.3) is 0 Å². The molecule has 1 saturated carbocycles. The molecule has 0 aromatic carbocycles. The lowest BCUT2D eigenvalue weighted by Crippen LogP contribution is -2.31. The molecule has 4 heteroatoms. The van der Waals surface area contributed by atoms with Crippen LogP contribution in [0.15, 0.2) is 6.33 Å². The van der Waals surface area contributed by atoms with Crippen molar-refractivity contribution >= 4 is 0 Å². The maximum atomic E-state index is 6.07. The van der Waals surface area contributed by atoms with E-state index in [9.17, 15) is 0 Å². The Hall–Kier alpha value is -0.900. The van der Waals surface area contributed by atoms with Crippen molar-refractivity contribution in [2.75, 3.05) is 6.54 Å². The van der Waals surface area contributed by atoms with Gasteiger partial charge in [0.05, 0.1) is 0 Å². The Bertz CT molecular complexity index is 385. The van der Waals surface area contributed by atoms with Gasteiger partial charge in [0.1, 0.15) is 12.2 Å². The van der Waals surface area contributed by atoms with E-state index in [1.807, 2.05) is 4.68 Å². The molecule has 2 rings (SSSR count). The molecule has 1 aromatic heterocycles. The molecule has 4 nitrogen and oxygen atoms in total. The molecule has 0 amide bonds. The lowest BCUT2D eigenvalue weighted by Gasteiger charge is -2.27. The molecule has 1 aliphatic carbocycles. The summed E-state index contributed by atoms with van der Waals surface area (Å²) in [7, 11) is 0. The normalized spacial score (nSPS) is 28.2. The van der Waals surface area contributed by atoms with Gasteiger partial charge in [0.15, 0.2) is 0 Å². The first-order valence-electron chi connectivity index (χ1n) is 7.18. The van der Waals surface area contributed by atoms with Crippen molar-refractivity contribution in [3.8, 4) is 0 Å². The van der Waals surface area contributed by atoms with Crippen LogP contribution < -0.4 is 5.73 Å². The quantitative estimate of drug-likeness (QED) is 0.873. The summed E-state index contributed by atoms with van der Waals surface area (Å²) in [5.74, 6) is 1.95. The minimum Gasteiger partial charge on any atom is -0.330 e. The van der Waals surface area contributed by atoms with Gasteiger partial charge in [0.2, 0.25) is 0 Å². The van der Waals surface area contributed by atoms with Crippen LogP contribution in [0.25, 0.3) is 0 Å². The van der Waals surface area contributed by atoms with E-state index in [1.54, 1.807) is 6.33 Å². The summed E-state index contributed by atoms with van der Waals surface area (Å²) in [6, 6.07) is 0.376. The van der Waals surface area contributed by atoms with Crippen LogP contribution in [0.5, 0.6) is 0 Å². The molecule has 0 bridgehead atoms. The molecule has 1 aromatic rings. The van der Waals surface area contributed by atoms with Gasteiger partial charge in [0, 0.05) is 12.5 Å². The Morgan fingerprint density at radius 1 is 1.56 bits per heavy atom. The number of nitrogens with two attached hydrogens (primary N) is 1. The molecule has 0 saturated heterocycles. The van der Waals surface area contributed by atoms with Crippen molar-refractivity contribution < 1.29 is 0 Å². The average molecular weight is 250 g/mol. The summed E-state index contributed by atoms with van der Waals surface area (Å²) in [4.78, 5) is 4.44. The fourth-order valence-corrected chi connectivity index (χ4v) is 3.26. The smallest absolute Gasteiger partial charge is 0.138 e. The molecule has 1 aliphatic rings. The van der Waals surface area contributed by atoms with Crippen LogP contribution in [0.1, 0.15) is 58.3 Å². The van der Waals surface area contributed by atoms with Crippen LogP contribution in [-0.2, 0) is 6.42 Å². The third kappa shape index (κ3) is 2.58. The van der Waals surface area contributed by atoms with Crippen molar-refractivity contribution in [1.82, 2.24) is 14.8 Å². The number of nitrogens with zero attached hydrogens (tertiary/aromatic N) is 3. The molecule has 18 heavy (non-hydrogen) atoms. The third-order valence-electron chi connectivity index (χ3n) is 4.48. The first-order valence-corrected chi connectivity index (χ1v) is 7.18. The molecule has 0 radical (unpaired) electrons. The van der Waals surface area contributed by atoms with Crippen molar-refractivity contribution in [3.63, 3.8) is 0 Å². The molecule has 2 unspecified atom stereocenters. The number of hydrogen-bond acceptors (Lipinski definition) is 3. The van der Waals surface area contributed by atoms with Crippen molar-refractivity contribution in [3.05, 3.63) is 12.2 Å². The second-order valence-corrected chi connectivity index (χ2v) is 6.11. The van der Waals surface area contributed by atoms with E-state index in [4.69, 9.17) is 5.73 Å². The molecule has 2 N–H and O–H groups in total. The summed E-state index contributed by atoms with van der Waals surface area (Å²) in [5.41, 5.74) is 6.34. The van der Waals surface area contributed by atoms with Crippen LogP contribution in [0.4, 0.5) is 0 Å². The summed E-state index contributed by atoms with van der Waals surface area (Å²) >= 11 is 0. The standard InChI is InChI=1S/C14H26N4/c1-4-12-5-6-14(7-12,9-15)8-13-16-10-17-18(13)11(2)3/h10-12H,4-9,15H2,1-3H3. The van der Waals surface area contributed by atoms with Crippen molar-refractivity contribution in [2.24, 2.45) is 17.1 Å². The fraction of sp³-hybridized carbons (Fsp3) is 0.857. The topological polar surface area (TPSA) is 56.7 Å². The first-order chi connectivity index (χ1) is 8.60. The second kappa shape index (κ2) is 5.39. The van der Waals surface area contributed by atoms with Gasteiger partial charge in [-0.1, -0.05) is 13.3 Å². The summed E-state index contributed by atoms with van der Waals surface area (Å²) in [5, 5.41) is 4.33. The van der Waals surface area contributed by atoms with Gasteiger partial charge in [-0.3, -0.25) is 0 Å². The Balaban J connectivity index is 2.13. The minimum atomic E-state index is 0.264. The zero-order valence-corrected chi connectivity index (χ0v) is 11.9. The molecule has 0 aliphatic heterocycles. The summed E-state index contributed by atoms with van der Waals surface area (Å²) < 4.78 is 2.04. The Morgan fingerprint density at radius 3 is 2.89 bits per heavy atom. The molecule has 102 valence electrons. The van der Waals surface area contributed by atoms with Crippen LogP contribution in [-0.4, -0.2) is 21.3 Å². The Labute approximate surface area is 110 Å². The molecule has 2 atom stereocenters. The number of hydrogen-bond donors (Lipinski definition) is 1. The van der Waals surface area contributed by atoms with Gasteiger partial charge in [-0.05, 0) is 51.0 Å². The minimum absolute atomic E-state index is 0.264. The highest BCUT2D eigenvalue weighted by Crippen LogP contribution is 2.44. The first kappa shape index (κ1) is 13.5. The van der Waals surface area contributed by atoms with Crippen molar-refractivity contribution in [1.29, 1.82) is 0 Å². The predicted molar refractivity (Wildman–Crippen MR) is 73.2 cm³/mol. The van der Waals surface area contributed by atoms with E-state index >= 15 is 0 Å². The highest BCUT2D eigenvalue weighted by atomic mass is 15.3. The van der Waals surface area contributed by atoms with Gasteiger partial charge >= 0.3 is 0 Å².